The minimum Gasteiger partial charge on any atom is -0.490 e. The van der Waals surface area contributed by atoms with Crippen LogP contribution in [-0.4, -0.2) is 54.4 Å². The van der Waals surface area contributed by atoms with Crippen LogP contribution in [0.25, 0.3) is 22.2 Å². The van der Waals surface area contributed by atoms with E-state index in [1.54, 1.807) is 6.20 Å². The van der Waals surface area contributed by atoms with E-state index >= 15 is 0 Å². The summed E-state index contributed by atoms with van der Waals surface area (Å²) in [4.78, 5) is 16.5. The average molecular weight is 421 g/mol. The maximum absolute atomic E-state index is 6.21. The Morgan fingerprint density at radius 3 is 2.81 bits per heavy atom. The number of likely N-dealkylation sites (N-methyl/N-ethyl adjacent to an activating group) is 1. The highest BCUT2D eigenvalue weighted by Crippen LogP contribution is 2.37. The summed E-state index contributed by atoms with van der Waals surface area (Å²) in [7, 11) is 2.08. The van der Waals surface area contributed by atoms with Crippen molar-refractivity contribution in [1.29, 1.82) is 0 Å². The van der Waals surface area contributed by atoms with Crippen LogP contribution in [0.15, 0.2) is 24.4 Å². The number of hydrogen-bond donors (Lipinski definition) is 2. The monoisotopic (exact) mass is 420 g/mol. The van der Waals surface area contributed by atoms with Crippen LogP contribution in [0.3, 0.4) is 0 Å². The number of rotatable bonds is 4. The van der Waals surface area contributed by atoms with Gasteiger partial charge in [0.25, 0.3) is 0 Å². The van der Waals surface area contributed by atoms with Crippen LogP contribution in [0, 0.1) is 0 Å². The van der Waals surface area contributed by atoms with Crippen molar-refractivity contribution in [2.45, 2.75) is 32.2 Å². The summed E-state index contributed by atoms with van der Waals surface area (Å²) in [5.74, 6) is 2.09. The van der Waals surface area contributed by atoms with E-state index in [1.165, 1.54) is 0 Å². The first-order chi connectivity index (χ1) is 15.1. The van der Waals surface area contributed by atoms with Crippen molar-refractivity contribution in [3.05, 3.63) is 30.1 Å². The number of hydrogen-bond acceptors (Lipinski definition) is 8. The lowest BCUT2D eigenvalue weighted by Gasteiger charge is -2.28. The van der Waals surface area contributed by atoms with Gasteiger partial charge in [-0.25, -0.2) is 15.0 Å². The summed E-state index contributed by atoms with van der Waals surface area (Å²) in [5.41, 5.74) is 11.5. The second kappa shape index (κ2) is 8.19. The standard InChI is InChI=1S/C23H28N6O2/c1-3-17-23(26-15-6-9-30-10-7-15)28-20-16(13-25-22(24)21(20)27-17)14-4-5-18-19(12-14)31-11-8-29(18)2/h4-5,12-13,15H,3,6-11H2,1-2H3,(H2,24,25)(H,26,28). The fraction of sp³-hybridized carbons (Fsp3) is 0.435. The Labute approximate surface area is 181 Å². The van der Waals surface area contributed by atoms with Gasteiger partial charge in [0, 0.05) is 38.1 Å². The molecule has 0 radical (unpaired) electrons. The molecule has 3 N–H and O–H groups in total. The summed E-state index contributed by atoms with van der Waals surface area (Å²) in [5, 5.41) is 3.60. The molecule has 0 amide bonds. The van der Waals surface area contributed by atoms with E-state index in [0.29, 0.717) is 24.0 Å². The number of benzene rings is 1. The lowest BCUT2D eigenvalue weighted by molar-refractivity contribution is 0.0903. The second-order valence-electron chi connectivity index (χ2n) is 8.11. The molecule has 162 valence electrons. The van der Waals surface area contributed by atoms with Gasteiger partial charge in [-0.05, 0) is 37.0 Å². The first-order valence-electron chi connectivity index (χ1n) is 10.9. The van der Waals surface area contributed by atoms with Crippen LogP contribution in [0.5, 0.6) is 5.75 Å². The Morgan fingerprint density at radius 2 is 2.00 bits per heavy atom. The van der Waals surface area contributed by atoms with Crippen molar-refractivity contribution < 1.29 is 9.47 Å². The van der Waals surface area contributed by atoms with Crippen molar-refractivity contribution in [3.8, 4) is 16.9 Å². The molecule has 1 saturated heterocycles. The van der Waals surface area contributed by atoms with Gasteiger partial charge in [0.05, 0.1) is 17.9 Å². The molecule has 0 bridgehead atoms. The highest BCUT2D eigenvalue weighted by Gasteiger charge is 2.21. The molecule has 8 nitrogen and oxygen atoms in total. The third kappa shape index (κ3) is 3.72. The predicted octanol–water partition coefficient (Wildman–Crippen LogP) is 3.26. The van der Waals surface area contributed by atoms with Gasteiger partial charge in [-0.2, -0.15) is 0 Å². The fourth-order valence-corrected chi connectivity index (χ4v) is 4.23. The molecule has 5 rings (SSSR count). The molecule has 2 aliphatic heterocycles. The van der Waals surface area contributed by atoms with E-state index in [4.69, 9.17) is 25.2 Å². The van der Waals surface area contributed by atoms with Gasteiger partial charge < -0.3 is 25.4 Å². The van der Waals surface area contributed by atoms with E-state index in [1.807, 2.05) is 0 Å². The van der Waals surface area contributed by atoms with E-state index in [2.05, 4.69) is 47.4 Å². The van der Waals surface area contributed by atoms with Crippen LogP contribution >= 0.6 is 0 Å². The normalized spacial score (nSPS) is 16.8. The number of fused-ring (bicyclic) bond motifs is 2. The van der Waals surface area contributed by atoms with Gasteiger partial charge in [0.1, 0.15) is 29.2 Å². The molecule has 4 heterocycles. The van der Waals surface area contributed by atoms with E-state index in [-0.39, 0.29) is 0 Å². The fourth-order valence-electron chi connectivity index (χ4n) is 4.23. The third-order valence-electron chi connectivity index (χ3n) is 6.06. The second-order valence-corrected chi connectivity index (χ2v) is 8.11. The van der Waals surface area contributed by atoms with Crippen molar-refractivity contribution in [2.75, 3.05) is 49.4 Å². The molecule has 2 aromatic heterocycles. The number of anilines is 3. The molecule has 1 fully saturated rings. The Bertz CT molecular complexity index is 1110. The number of nitrogens with one attached hydrogen (secondary N) is 1. The molecule has 0 atom stereocenters. The Hall–Kier alpha value is -3.13. The van der Waals surface area contributed by atoms with Gasteiger partial charge >= 0.3 is 0 Å². The third-order valence-corrected chi connectivity index (χ3v) is 6.06. The number of aryl methyl sites for hydroxylation is 1. The Balaban J connectivity index is 1.61. The van der Waals surface area contributed by atoms with Crippen molar-refractivity contribution in [1.82, 2.24) is 15.0 Å². The summed E-state index contributed by atoms with van der Waals surface area (Å²) in [6.07, 6.45) is 4.47. The van der Waals surface area contributed by atoms with Crippen LogP contribution in [0.2, 0.25) is 0 Å². The number of nitrogen functional groups attached to an aromatic ring is 1. The SMILES string of the molecule is CCc1nc2c(N)ncc(-c3ccc4c(c3)OCCN4C)c2nc1NC1CCOCC1. The largest absolute Gasteiger partial charge is 0.490 e. The average Bonchev–Trinajstić information content (AvgIpc) is 2.80. The number of ether oxygens (including phenoxy) is 2. The molecule has 31 heavy (non-hydrogen) atoms. The van der Waals surface area contributed by atoms with Crippen LogP contribution in [-0.2, 0) is 11.2 Å². The lowest BCUT2D eigenvalue weighted by Crippen LogP contribution is -2.29. The predicted molar refractivity (Wildman–Crippen MR) is 123 cm³/mol. The maximum atomic E-state index is 6.21. The molecule has 1 aromatic carbocycles. The van der Waals surface area contributed by atoms with Gasteiger partial charge in [-0.1, -0.05) is 13.0 Å². The first kappa shape index (κ1) is 19.8. The van der Waals surface area contributed by atoms with Crippen molar-refractivity contribution >= 4 is 28.4 Å². The summed E-state index contributed by atoms with van der Waals surface area (Å²) in [6, 6.07) is 6.55. The van der Waals surface area contributed by atoms with Crippen molar-refractivity contribution in [2.24, 2.45) is 0 Å². The topological polar surface area (TPSA) is 98.4 Å². The maximum Gasteiger partial charge on any atom is 0.151 e. The summed E-state index contributed by atoms with van der Waals surface area (Å²) < 4.78 is 11.4. The highest BCUT2D eigenvalue weighted by molar-refractivity contribution is 5.97. The van der Waals surface area contributed by atoms with Crippen molar-refractivity contribution in [3.63, 3.8) is 0 Å². The molecule has 0 aliphatic carbocycles. The molecule has 0 unspecified atom stereocenters. The molecule has 2 aliphatic rings. The molecular formula is C23H28N6O2. The number of pyridine rings is 1. The quantitative estimate of drug-likeness (QED) is 0.664. The summed E-state index contributed by atoms with van der Waals surface area (Å²) in [6.45, 7) is 5.17. The van der Waals surface area contributed by atoms with Crippen LogP contribution in [0.1, 0.15) is 25.5 Å². The Morgan fingerprint density at radius 1 is 1.16 bits per heavy atom. The number of aromatic nitrogens is 3. The Kier molecular flexibility index (Phi) is 5.23. The number of nitrogens with zero attached hydrogens (tertiary/aromatic N) is 4. The zero-order chi connectivity index (χ0) is 21.4. The van der Waals surface area contributed by atoms with Gasteiger partial charge in [0.2, 0.25) is 0 Å². The van der Waals surface area contributed by atoms with Gasteiger partial charge in [-0.3, -0.25) is 0 Å². The lowest BCUT2D eigenvalue weighted by atomic mass is 10.0. The van der Waals surface area contributed by atoms with E-state index in [0.717, 1.165) is 78.6 Å². The molecular weight excluding hydrogens is 392 g/mol. The zero-order valence-electron chi connectivity index (χ0n) is 18.0. The smallest absolute Gasteiger partial charge is 0.151 e. The number of nitrogens with two attached hydrogens (primary N) is 1. The highest BCUT2D eigenvalue weighted by atomic mass is 16.5. The summed E-state index contributed by atoms with van der Waals surface area (Å²) >= 11 is 0. The first-order valence-corrected chi connectivity index (χ1v) is 10.9. The van der Waals surface area contributed by atoms with Gasteiger partial charge in [-0.15, -0.1) is 0 Å². The molecule has 3 aromatic rings. The van der Waals surface area contributed by atoms with Gasteiger partial charge in [0.15, 0.2) is 5.82 Å². The van der Waals surface area contributed by atoms with E-state index in [9.17, 15) is 0 Å². The molecule has 8 heteroatoms. The van der Waals surface area contributed by atoms with E-state index < -0.39 is 0 Å². The minimum atomic E-state index is 0.334. The van der Waals surface area contributed by atoms with Crippen LogP contribution < -0.4 is 20.7 Å². The minimum absolute atomic E-state index is 0.334. The zero-order valence-corrected chi connectivity index (χ0v) is 18.0. The van der Waals surface area contributed by atoms with Crippen LogP contribution in [0.4, 0.5) is 17.3 Å². The molecule has 0 saturated carbocycles. The molecule has 0 spiro atoms.